The summed E-state index contributed by atoms with van der Waals surface area (Å²) in [5.74, 6) is -1.27. The average molecular weight is 342 g/mol. The summed E-state index contributed by atoms with van der Waals surface area (Å²) in [6.07, 6.45) is 3.84. The monoisotopic (exact) mass is 342 g/mol. The van der Waals surface area contributed by atoms with Crippen LogP contribution in [0, 0.1) is 5.92 Å². The van der Waals surface area contributed by atoms with Gasteiger partial charge in [-0.15, -0.1) is 0 Å². The molecule has 0 unspecified atom stereocenters. The van der Waals surface area contributed by atoms with E-state index in [1.54, 1.807) is 0 Å². The smallest absolute Gasteiger partial charge is 0.245 e. The maximum atomic E-state index is 12.3. The van der Waals surface area contributed by atoms with Crippen LogP contribution >= 0.6 is 0 Å². The van der Waals surface area contributed by atoms with Crippen molar-refractivity contribution in [1.29, 1.82) is 0 Å². The van der Waals surface area contributed by atoms with Crippen molar-refractivity contribution < 1.29 is 19.5 Å². The minimum Gasteiger partial charge on any atom is -0.394 e. The lowest BCUT2D eigenvalue weighted by molar-refractivity contribution is -0.133. The fraction of sp³-hybridized carbons (Fsp3) is 0.812. The molecule has 2 atom stereocenters. The molecule has 1 heterocycles. The number of amides is 3. The van der Waals surface area contributed by atoms with E-state index in [0.29, 0.717) is 13.1 Å². The molecule has 8 nitrogen and oxygen atoms in total. The van der Waals surface area contributed by atoms with Crippen molar-refractivity contribution in [3.05, 3.63) is 0 Å². The van der Waals surface area contributed by atoms with Gasteiger partial charge in [-0.2, -0.15) is 0 Å². The molecule has 0 aromatic rings. The van der Waals surface area contributed by atoms with E-state index < -0.39 is 24.6 Å². The molecule has 1 fully saturated rings. The SMILES string of the molecule is CC(C)[C@@H]1NC(=O)[C@@H](CO)NC(=O)CNCCCCCCNC1=O. The van der Waals surface area contributed by atoms with Crippen LogP contribution in [0.15, 0.2) is 0 Å². The molecule has 0 aromatic heterocycles. The lowest BCUT2D eigenvalue weighted by Crippen LogP contribution is -2.57. The van der Waals surface area contributed by atoms with Gasteiger partial charge in [-0.05, 0) is 25.3 Å². The molecule has 138 valence electrons. The Labute approximate surface area is 143 Å². The first-order valence-electron chi connectivity index (χ1n) is 8.64. The Kier molecular flexibility index (Phi) is 9.33. The van der Waals surface area contributed by atoms with E-state index in [1.165, 1.54) is 0 Å². The topological polar surface area (TPSA) is 120 Å². The van der Waals surface area contributed by atoms with Crippen LogP contribution in [0.3, 0.4) is 0 Å². The number of aliphatic hydroxyl groups excluding tert-OH is 1. The minimum atomic E-state index is -1.07. The Morgan fingerprint density at radius 1 is 1.00 bits per heavy atom. The molecule has 0 spiro atoms. The van der Waals surface area contributed by atoms with Crippen LogP contribution in [0.5, 0.6) is 0 Å². The first kappa shape index (κ1) is 20.4. The van der Waals surface area contributed by atoms with Crippen LogP contribution in [-0.4, -0.2) is 61.2 Å². The van der Waals surface area contributed by atoms with Crippen LogP contribution in [0.4, 0.5) is 0 Å². The third kappa shape index (κ3) is 7.27. The number of carbonyl (C=O) groups is 3. The highest BCUT2D eigenvalue weighted by atomic mass is 16.3. The molecule has 3 amide bonds. The van der Waals surface area contributed by atoms with Gasteiger partial charge in [-0.3, -0.25) is 14.4 Å². The maximum absolute atomic E-state index is 12.3. The summed E-state index contributed by atoms with van der Waals surface area (Å²) in [5.41, 5.74) is 0. The van der Waals surface area contributed by atoms with E-state index >= 15 is 0 Å². The van der Waals surface area contributed by atoms with Crippen molar-refractivity contribution >= 4 is 17.7 Å². The summed E-state index contributed by atoms with van der Waals surface area (Å²) < 4.78 is 0. The van der Waals surface area contributed by atoms with E-state index in [-0.39, 0.29) is 24.3 Å². The minimum absolute atomic E-state index is 0.0951. The summed E-state index contributed by atoms with van der Waals surface area (Å²) in [6, 6.07) is -1.77. The van der Waals surface area contributed by atoms with Crippen LogP contribution in [0.25, 0.3) is 0 Å². The molecule has 1 aliphatic rings. The second kappa shape index (κ2) is 11.0. The predicted octanol–water partition coefficient (Wildman–Crippen LogP) is -1.12. The second-order valence-electron chi connectivity index (χ2n) is 6.41. The summed E-state index contributed by atoms with van der Waals surface area (Å²) in [5, 5.41) is 20.3. The highest BCUT2D eigenvalue weighted by Crippen LogP contribution is 2.04. The van der Waals surface area contributed by atoms with Gasteiger partial charge in [0.05, 0.1) is 13.2 Å². The van der Waals surface area contributed by atoms with E-state index in [2.05, 4.69) is 21.3 Å². The van der Waals surface area contributed by atoms with Gasteiger partial charge in [-0.1, -0.05) is 26.7 Å². The molecule has 0 radical (unpaired) electrons. The van der Waals surface area contributed by atoms with Gasteiger partial charge in [0.25, 0.3) is 0 Å². The molecule has 0 aromatic carbocycles. The first-order chi connectivity index (χ1) is 11.5. The summed E-state index contributed by atoms with van der Waals surface area (Å²) in [4.78, 5) is 36.4. The van der Waals surface area contributed by atoms with Crippen molar-refractivity contribution in [2.24, 2.45) is 5.92 Å². The summed E-state index contributed by atoms with van der Waals surface area (Å²) in [6.45, 7) is 4.53. The van der Waals surface area contributed by atoms with Crippen LogP contribution in [0.1, 0.15) is 39.5 Å². The Hall–Kier alpha value is -1.67. The Bertz CT molecular complexity index is 428. The van der Waals surface area contributed by atoms with E-state index in [0.717, 1.165) is 25.7 Å². The largest absolute Gasteiger partial charge is 0.394 e. The highest BCUT2D eigenvalue weighted by molar-refractivity contribution is 5.92. The predicted molar refractivity (Wildman–Crippen MR) is 90.1 cm³/mol. The fourth-order valence-corrected chi connectivity index (χ4v) is 2.48. The van der Waals surface area contributed by atoms with Gasteiger partial charge in [0.15, 0.2) is 0 Å². The van der Waals surface area contributed by atoms with Crippen molar-refractivity contribution in [2.45, 2.75) is 51.6 Å². The quantitative estimate of drug-likeness (QED) is 0.436. The Morgan fingerprint density at radius 3 is 2.29 bits per heavy atom. The molecule has 5 N–H and O–H groups in total. The molecule has 1 aliphatic heterocycles. The Morgan fingerprint density at radius 2 is 1.67 bits per heavy atom. The maximum Gasteiger partial charge on any atom is 0.245 e. The highest BCUT2D eigenvalue weighted by Gasteiger charge is 2.28. The summed E-state index contributed by atoms with van der Waals surface area (Å²) in [7, 11) is 0. The standard InChI is InChI=1S/C16H30N4O4/c1-11(2)14-16(24)18-8-6-4-3-5-7-17-9-13(22)19-12(10-21)15(23)20-14/h11-12,14,17,21H,3-10H2,1-2H3,(H,18,24)(H,19,22)(H,20,23)/t12-,14+/m1/s1. The van der Waals surface area contributed by atoms with Gasteiger partial charge in [-0.25, -0.2) is 0 Å². The van der Waals surface area contributed by atoms with Gasteiger partial charge in [0.1, 0.15) is 12.1 Å². The molecule has 8 heteroatoms. The number of carbonyl (C=O) groups excluding carboxylic acids is 3. The zero-order valence-corrected chi connectivity index (χ0v) is 14.6. The Balaban J connectivity index is 2.77. The average Bonchev–Trinajstić information content (AvgIpc) is 2.54. The zero-order valence-electron chi connectivity index (χ0n) is 14.6. The molecular formula is C16H30N4O4. The van der Waals surface area contributed by atoms with Gasteiger partial charge in [0, 0.05) is 6.54 Å². The van der Waals surface area contributed by atoms with Crippen molar-refractivity contribution in [2.75, 3.05) is 26.2 Å². The molecular weight excluding hydrogens is 312 g/mol. The molecule has 0 saturated carbocycles. The first-order valence-corrected chi connectivity index (χ1v) is 8.64. The number of aliphatic hydroxyl groups is 1. The molecule has 24 heavy (non-hydrogen) atoms. The van der Waals surface area contributed by atoms with E-state index in [1.807, 2.05) is 13.8 Å². The number of hydrogen-bond donors (Lipinski definition) is 5. The number of nitrogens with one attached hydrogen (secondary N) is 4. The van der Waals surface area contributed by atoms with Crippen LogP contribution < -0.4 is 21.3 Å². The fourth-order valence-electron chi connectivity index (χ4n) is 2.48. The molecule has 0 aliphatic carbocycles. The molecule has 0 bridgehead atoms. The van der Waals surface area contributed by atoms with E-state index in [9.17, 15) is 19.5 Å². The number of rotatable bonds is 2. The molecule has 1 rings (SSSR count). The third-order valence-electron chi connectivity index (χ3n) is 3.95. The molecule has 1 saturated heterocycles. The zero-order chi connectivity index (χ0) is 17.9. The van der Waals surface area contributed by atoms with Gasteiger partial charge >= 0.3 is 0 Å². The normalized spacial score (nSPS) is 25.8. The van der Waals surface area contributed by atoms with Crippen molar-refractivity contribution in [1.82, 2.24) is 21.3 Å². The number of hydrogen-bond acceptors (Lipinski definition) is 5. The lowest BCUT2D eigenvalue weighted by Gasteiger charge is -2.24. The third-order valence-corrected chi connectivity index (χ3v) is 3.95. The van der Waals surface area contributed by atoms with Gasteiger partial charge in [0.2, 0.25) is 17.7 Å². The second-order valence-corrected chi connectivity index (χ2v) is 6.41. The summed E-state index contributed by atoms with van der Waals surface area (Å²) >= 11 is 0. The van der Waals surface area contributed by atoms with Crippen molar-refractivity contribution in [3.8, 4) is 0 Å². The van der Waals surface area contributed by atoms with Crippen LogP contribution in [-0.2, 0) is 14.4 Å². The van der Waals surface area contributed by atoms with E-state index in [4.69, 9.17) is 0 Å². The van der Waals surface area contributed by atoms with Crippen molar-refractivity contribution in [3.63, 3.8) is 0 Å². The van der Waals surface area contributed by atoms with Gasteiger partial charge < -0.3 is 26.4 Å². The van der Waals surface area contributed by atoms with Crippen LogP contribution in [0.2, 0.25) is 0 Å². The lowest BCUT2D eigenvalue weighted by atomic mass is 10.0.